The lowest BCUT2D eigenvalue weighted by atomic mass is 9.72. The van der Waals surface area contributed by atoms with Crippen LogP contribution in [0.15, 0.2) is 23.0 Å². The molecule has 0 fully saturated rings. The molecule has 0 radical (unpaired) electrons. The Labute approximate surface area is 203 Å². The molecular formula is C25H32N4O4S. The highest BCUT2D eigenvalue weighted by atomic mass is 32.1. The van der Waals surface area contributed by atoms with Crippen LogP contribution in [0.5, 0.6) is 11.5 Å². The number of hydrogen-bond donors (Lipinski definition) is 1. The van der Waals surface area contributed by atoms with Crippen LogP contribution in [-0.4, -0.2) is 41.7 Å². The molecule has 0 saturated heterocycles. The number of rotatable bonds is 7. The Morgan fingerprint density at radius 3 is 2.71 bits per heavy atom. The first-order chi connectivity index (χ1) is 16.2. The Hall–Kier alpha value is -2.94. The monoisotopic (exact) mass is 484 g/mol. The summed E-state index contributed by atoms with van der Waals surface area (Å²) in [4.78, 5) is 27.6. The van der Waals surface area contributed by atoms with Gasteiger partial charge in [0.25, 0.3) is 5.56 Å². The van der Waals surface area contributed by atoms with Gasteiger partial charge in [-0.15, -0.1) is 16.4 Å². The van der Waals surface area contributed by atoms with Crippen LogP contribution < -0.4 is 20.3 Å². The topological polar surface area (TPSA) is 95.3 Å². The third kappa shape index (κ3) is 4.94. The number of amides is 1. The maximum atomic E-state index is 13.2. The van der Waals surface area contributed by atoms with Gasteiger partial charge in [-0.2, -0.15) is 0 Å². The lowest BCUT2D eigenvalue weighted by molar-refractivity contribution is -0.121. The van der Waals surface area contributed by atoms with Gasteiger partial charge in [0.1, 0.15) is 6.54 Å². The Kier molecular flexibility index (Phi) is 6.93. The smallest absolute Gasteiger partial charge is 0.279 e. The highest BCUT2D eigenvalue weighted by molar-refractivity contribution is 7.18. The van der Waals surface area contributed by atoms with Crippen LogP contribution in [0.2, 0.25) is 0 Å². The zero-order valence-corrected chi connectivity index (χ0v) is 21.3. The Morgan fingerprint density at radius 2 is 2.00 bits per heavy atom. The van der Waals surface area contributed by atoms with Gasteiger partial charge in [-0.05, 0) is 60.3 Å². The number of methoxy groups -OCH3 is 2. The van der Waals surface area contributed by atoms with Gasteiger partial charge in [0.15, 0.2) is 16.3 Å². The molecule has 1 aromatic carbocycles. The summed E-state index contributed by atoms with van der Waals surface area (Å²) in [7, 11) is 3.18. The number of aromatic nitrogens is 3. The van der Waals surface area contributed by atoms with E-state index in [1.807, 2.05) is 18.2 Å². The summed E-state index contributed by atoms with van der Waals surface area (Å²) in [6.07, 6.45) is 3.52. The zero-order chi connectivity index (χ0) is 24.5. The summed E-state index contributed by atoms with van der Waals surface area (Å²) in [6, 6.07) is 5.66. The normalized spacial score (nSPS) is 15.7. The van der Waals surface area contributed by atoms with Crippen LogP contribution in [0.25, 0.3) is 10.2 Å². The molecule has 8 nitrogen and oxygen atoms in total. The molecule has 0 bridgehead atoms. The largest absolute Gasteiger partial charge is 0.493 e. The lowest BCUT2D eigenvalue weighted by Gasteiger charge is -2.33. The van der Waals surface area contributed by atoms with Crippen molar-refractivity contribution in [2.45, 2.75) is 53.0 Å². The number of carbonyl (C=O) groups is 1. The average molecular weight is 485 g/mol. The van der Waals surface area contributed by atoms with Crippen molar-refractivity contribution in [3.8, 4) is 11.5 Å². The molecular weight excluding hydrogens is 452 g/mol. The first-order valence-electron chi connectivity index (χ1n) is 11.6. The van der Waals surface area contributed by atoms with E-state index in [9.17, 15) is 9.59 Å². The van der Waals surface area contributed by atoms with Crippen LogP contribution >= 0.6 is 11.3 Å². The third-order valence-corrected chi connectivity index (χ3v) is 7.78. The number of ether oxygens (including phenoxy) is 2. The third-order valence-electron chi connectivity index (χ3n) is 6.64. The number of hydrogen-bond acceptors (Lipinski definition) is 7. The molecule has 1 amide bonds. The van der Waals surface area contributed by atoms with Gasteiger partial charge in [0.2, 0.25) is 5.91 Å². The molecule has 3 aromatic rings. The molecule has 1 atom stereocenters. The van der Waals surface area contributed by atoms with E-state index in [1.165, 1.54) is 9.56 Å². The number of benzene rings is 1. The summed E-state index contributed by atoms with van der Waals surface area (Å²) in [5.41, 5.74) is 2.11. The van der Waals surface area contributed by atoms with Crippen molar-refractivity contribution in [2.24, 2.45) is 11.3 Å². The van der Waals surface area contributed by atoms with Crippen molar-refractivity contribution in [3.05, 3.63) is 44.6 Å². The molecule has 0 spiro atoms. The predicted molar refractivity (Wildman–Crippen MR) is 133 cm³/mol. The van der Waals surface area contributed by atoms with E-state index in [-0.39, 0.29) is 23.4 Å². The Morgan fingerprint density at radius 1 is 1.24 bits per heavy atom. The zero-order valence-electron chi connectivity index (χ0n) is 20.4. The van der Waals surface area contributed by atoms with Crippen LogP contribution in [0.1, 0.15) is 43.2 Å². The number of nitrogens with zero attached hydrogens (tertiary/aromatic N) is 3. The standard InChI is InChI=1S/C25H32N4O4S/c1-25(2,3)16-7-8-17-20(13-16)34-23-22(17)24(31)29(28-27-23)14-21(30)26-11-10-15-6-9-18(32-4)19(12-15)33-5/h6,9,12,16H,7-8,10-11,13-14H2,1-5H3,(H,26,30)/t16-/m1/s1. The molecule has 2 aromatic heterocycles. The fourth-order valence-corrected chi connectivity index (χ4v) is 5.78. The van der Waals surface area contributed by atoms with Gasteiger partial charge in [0, 0.05) is 11.4 Å². The number of carbonyl (C=O) groups excluding carboxylic acids is 1. The van der Waals surface area contributed by atoms with E-state index >= 15 is 0 Å². The van der Waals surface area contributed by atoms with Gasteiger partial charge < -0.3 is 14.8 Å². The van der Waals surface area contributed by atoms with E-state index in [0.717, 1.165) is 30.4 Å². The molecule has 4 rings (SSSR count). The summed E-state index contributed by atoms with van der Waals surface area (Å²) < 4.78 is 11.8. The fraction of sp³-hybridized carbons (Fsp3) is 0.520. The minimum Gasteiger partial charge on any atom is -0.493 e. The first kappa shape index (κ1) is 24.2. The molecule has 182 valence electrons. The van der Waals surface area contributed by atoms with Gasteiger partial charge in [-0.3, -0.25) is 9.59 Å². The van der Waals surface area contributed by atoms with Crippen molar-refractivity contribution in [1.82, 2.24) is 20.3 Å². The van der Waals surface area contributed by atoms with Gasteiger partial charge in [0.05, 0.1) is 19.6 Å². The molecule has 1 aliphatic rings. The average Bonchev–Trinajstić information content (AvgIpc) is 3.18. The van der Waals surface area contributed by atoms with E-state index in [0.29, 0.717) is 40.6 Å². The fourth-order valence-electron chi connectivity index (χ4n) is 4.54. The van der Waals surface area contributed by atoms with Crippen molar-refractivity contribution < 1.29 is 14.3 Å². The Bertz CT molecular complexity index is 1260. The lowest BCUT2D eigenvalue weighted by Crippen LogP contribution is -2.35. The maximum Gasteiger partial charge on any atom is 0.279 e. The molecule has 0 aliphatic heterocycles. The summed E-state index contributed by atoms with van der Waals surface area (Å²) in [6.45, 7) is 7.09. The SMILES string of the molecule is COc1ccc(CCNC(=O)Cn2nnc3sc4c(c3c2=O)CC[C@@H](C(C)(C)C)C4)cc1OC. The van der Waals surface area contributed by atoms with Crippen molar-refractivity contribution >= 4 is 27.5 Å². The molecule has 9 heteroatoms. The van der Waals surface area contributed by atoms with Gasteiger partial charge in [-0.1, -0.05) is 32.1 Å². The minimum absolute atomic E-state index is 0.150. The van der Waals surface area contributed by atoms with Crippen molar-refractivity contribution in [1.29, 1.82) is 0 Å². The predicted octanol–water partition coefficient (Wildman–Crippen LogP) is 3.38. The first-order valence-corrected chi connectivity index (χ1v) is 12.4. The number of fused-ring (bicyclic) bond motifs is 3. The molecule has 0 saturated carbocycles. The number of nitrogens with one attached hydrogen (secondary N) is 1. The van der Waals surface area contributed by atoms with Crippen LogP contribution in [0.4, 0.5) is 0 Å². The van der Waals surface area contributed by atoms with Crippen LogP contribution in [0.3, 0.4) is 0 Å². The molecule has 1 N–H and O–H groups in total. The van der Waals surface area contributed by atoms with Gasteiger partial charge >= 0.3 is 0 Å². The van der Waals surface area contributed by atoms with Gasteiger partial charge in [-0.25, -0.2) is 4.68 Å². The second-order valence-corrected chi connectivity index (χ2v) is 10.9. The second kappa shape index (κ2) is 9.74. The summed E-state index contributed by atoms with van der Waals surface area (Å²) in [5, 5.41) is 11.8. The molecule has 0 unspecified atom stereocenters. The van der Waals surface area contributed by atoms with Crippen molar-refractivity contribution in [3.63, 3.8) is 0 Å². The van der Waals surface area contributed by atoms with E-state index < -0.39 is 0 Å². The summed E-state index contributed by atoms with van der Waals surface area (Å²) >= 11 is 1.57. The van der Waals surface area contributed by atoms with E-state index in [2.05, 4.69) is 36.4 Å². The Balaban J connectivity index is 1.42. The summed E-state index contributed by atoms with van der Waals surface area (Å²) in [5.74, 6) is 1.62. The quantitative estimate of drug-likeness (QED) is 0.552. The van der Waals surface area contributed by atoms with Crippen molar-refractivity contribution in [2.75, 3.05) is 20.8 Å². The minimum atomic E-state index is -0.270. The highest BCUT2D eigenvalue weighted by Gasteiger charge is 2.32. The van der Waals surface area contributed by atoms with Crippen LogP contribution in [-0.2, 0) is 30.6 Å². The molecule has 1 aliphatic carbocycles. The van der Waals surface area contributed by atoms with E-state index in [1.54, 1.807) is 25.6 Å². The number of thiophene rings is 1. The molecule has 2 heterocycles. The second-order valence-electron chi connectivity index (χ2n) is 9.83. The number of aryl methyl sites for hydroxylation is 1. The van der Waals surface area contributed by atoms with E-state index in [4.69, 9.17) is 9.47 Å². The highest BCUT2D eigenvalue weighted by Crippen LogP contribution is 2.41. The molecule has 34 heavy (non-hydrogen) atoms. The van der Waals surface area contributed by atoms with Crippen LogP contribution in [0, 0.1) is 11.3 Å². The maximum absolute atomic E-state index is 13.2.